The SMILES string of the molecule is [CH2]CCCCCC(C)/C=C/CCC(C)CCC[CH2]. The molecule has 0 fully saturated rings. The fourth-order valence-corrected chi connectivity index (χ4v) is 2.26. The van der Waals surface area contributed by atoms with Crippen LogP contribution in [-0.2, 0) is 0 Å². The topological polar surface area (TPSA) is 0 Å². The first-order chi connectivity index (χ1) is 8.70. The van der Waals surface area contributed by atoms with Crippen LogP contribution in [-0.4, -0.2) is 0 Å². The highest BCUT2D eigenvalue weighted by molar-refractivity contribution is 4.86. The second-order valence-electron chi connectivity index (χ2n) is 5.79. The van der Waals surface area contributed by atoms with Gasteiger partial charge in [-0.25, -0.2) is 0 Å². The Bertz CT molecular complexity index is 180. The van der Waals surface area contributed by atoms with Crippen LogP contribution in [0.4, 0.5) is 0 Å². The average Bonchev–Trinajstić information content (AvgIpc) is 2.37. The van der Waals surface area contributed by atoms with Crippen LogP contribution in [0.15, 0.2) is 12.2 Å². The van der Waals surface area contributed by atoms with Crippen molar-refractivity contribution in [2.75, 3.05) is 0 Å². The van der Waals surface area contributed by atoms with E-state index in [4.69, 9.17) is 0 Å². The number of allylic oxidation sites excluding steroid dienone is 2. The Kier molecular flexibility index (Phi) is 13.0. The molecule has 106 valence electrons. The highest BCUT2D eigenvalue weighted by Gasteiger charge is 2.00. The fraction of sp³-hybridized carbons (Fsp3) is 0.778. The van der Waals surface area contributed by atoms with Gasteiger partial charge in [-0.3, -0.25) is 0 Å². The van der Waals surface area contributed by atoms with Crippen LogP contribution in [0.3, 0.4) is 0 Å². The van der Waals surface area contributed by atoms with Crippen LogP contribution in [0.2, 0.25) is 0 Å². The van der Waals surface area contributed by atoms with Gasteiger partial charge in [-0.2, -0.15) is 0 Å². The summed E-state index contributed by atoms with van der Waals surface area (Å²) in [6, 6.07) is 0. The lowest BCUT2D eigenvalue weighted by Gasteiger charge is -2.09. The summed E-state index contributed by atoms with van der Waals surface area (Å²) >= 11 is 0. The first-order valence-corrected chi connectivity index (χ1v) is 7.95. The quantitative estimate of drug-likeness (QED) is 0.278. The molecule has 2 unspecified atom stereocenters. The van der Waals surface area contributed by atoms with Gasteiger partial charge in [-0.05, 0) is 31.1 Å². The number of unbranched alkanes of at least 4 members (excludes halogenated alkanes) is 4. The molecule has 0 aliphatic rings. The van der Waals surface area contributed by atoms with E-state index in [0.29, 0.717) is 0 Å². The van der Waals surface area contributed by atoms with Crippen molar-refractivity contribution in [1.82, 2.24) is 0 Å². The predicted molar refractivity (Wildman–Crippen MR) is 84.4 cm³/mol. The molecule has 0 aromatic carbocycles. The Labute approximate surface area is 116 Å². The van der Waals surface area contributed by atoms with Gasteiger partial charge in [0.25, 0.3) is 0 Å². The molecule has 18 heavy (non-hydrogen) atoms. The van der Waals surface area contributed by atoms with Gasteiger partial charge in [0.15, 0.2) is 0 Å². The molecule has 0 amide bonds. The minimum absolute atomic E-state index is 0.755. The van der Waals surface area contributed by atoms with Crippen LogP contribution < -0.4 is 0 Å². The zero-order chi connectivity index (χ0) is 13.6. The van der Waals surface area contributed by atoms with E-state index in [1.54, 1.807) is 0 Å². The van der Waals surface area contributed by atoms with Crippen molar-refractivity contribution in [3.05, 3.63) is 26.0 Å². The van der Waals surface area contributed by atoms with Gasteiger partial charge in [0.05, 0.1) is 0 Å². The van der Waals surface area contributed by atoms with Gasteiger partial charge in [0.1, 0.15) is 0 Å². The molecule has 0 heterocycles. The van der Waals surface area contributed by atoms with Crippen LogP contribution >= 0.6 is 0 Å². The number of rotatable bonds is 12. The summed E-state index contributed by atoms with van der Waals surface area (Å²) < 4.78 is 0. The Morgan fingerprint density at radius 2 is 1.56 bits per heavy atom. The minimum Gasteiger partial charge on any atom is -0.0883 e. The van der Waals surface area contributed by atoms with Gasteiger partial charge < -0.3 is 0 Å². The van der Waals surface area contributed by atoms with Crippen LogP contribution in [0.5, 0.6) is 0 Å². The second-order valence-corrected chi connectivity index (χ2v) is 5.79. The smallest absolute Gasteiger partial charge is 0.0262 e. The Morgan fingerprint density at radius 3 is 2.22 bits per heavy atom. The van der Waals surface area contributed by atoms with E-state index in [9.17, 15) is 0 Å². The Hall–Kier alpha value is -0.260. The zero-order valence-corrected chi connectivity index (χ0v) is 12.8. The van der Waals surface area contributed by atoms with E-state index in [1.807, 2.05) is 0 Å². The van der Waals surface area contributed by atoms with Crippen molar-refractivity contribution in [1.29, 1.82) is 0 Å². The lowest BCUT2D eigenvalue weighted by molar-refractivity contribution is 0.479. The van der Waals surface area contributed by atoms with Gasteiger partial charge in [-0.15, -0.1) is 0 Å². The molecule has 0 aliphatic carbocycles. The molecule has 0 rings (SSSR count). The summed E-state index contributed by atoms with van der Waals surface area (Å²) in [6.07, 6.45) is 17.6. The maximum atomic E-state index is 3.90. The maximum absolute atomic E-state index is 3.90. The monoisotopic (exact) mass is 250 g/mol. The first kappa shape index (κ1) is 17.7. The van der Waals surface area contributed by atoms with E-state index in [1.165, 1.54) is 51.4 Å². The molecule has 0 nitrogen and oxygen atoms in total. The van der Waals surface area contributed by atoms with Crippen molar-refractivity contribution < 1.29 is 0 Å². The number of hydrogen-bond acceptors (Lipinski definition) is 0. The first-order valence-electron chi connectivity index (χ1n) is 7.95. The van der Waals surface area contributed by atoms with E-state index in [0.717, 1.165) is 24.7 Å². The lowest BCUT2D eigenvalue weighted by atomic mass is 9.97. The van der Waals surface area contributed by atoms with Crippen molar-refractivity contribution in [3.8, 4) is 0 Å². The largest absolute Gasteiger partial charge is 0.0883 e. The molecule has 0 saturated heterocycles. The molecule has 0 saturated carbocycles. The second kappa shape index (κ2) is 13.2. The summed E-state index contributed by atoms with van der Waals surface area (Å²) in [5.41, 5.74) is 0. The van der Waals surface area contributed by atoms with Crippen molar-refractivity contribution in [2.24, 2.45) is 11.8 Å². The van der Waals surface area contributed by atoms with Gasteiger partial charge in [0, 0.05) is 0 Å². The van der Waals surface area contributed by atoms with Gasteiger partial charge in [-0.1, -0.05) is 84.8 Å². The van der Waals surface area contributed by atoms with Crippen LogP contribution in [0, 0.1) is 25.7 Å². The minimum atomic E-state index is 0.755. The highest BCUT2D eigenvalue weighted by atomic mass is 14.1. The fourth-order valence-electron chi connectivity index (χ4n) is 2.26. The normalized spacial score (nSPS) is 15.1. The summed E-state index contributed by atoms with van der Waals surface area (Å²) in [7, 11) is 0. The molecular formula is C18H34. The van der Waals surface area contributed by atoms with E-state index >= 15 is 0 Å². The highest BCUT2D eigenvalue weighted by Crippen LogP contribution is 2.16. The predicted octanol–water partition coefficient (Wildman–Crippen LogP) is 6.38. The van der Waals surface area contributed by atoms with Crippen molar-refractivity contribution >= 4 is 0 Å². The summed E-state index contributed by atoms with van der Waals surface area (Å²) in [5, 5.41) is 0. The maximum Gasteiger partial charge on any atom is -0.0262 e. The van der Waals surface area contributed by atoms with Gasteiger partial charge in [0.2, 0.25) is 0 Å². The van der Waals surface area contributed by atoms with Gasteiger partial charge >= 0.3 is 0 Å². The lowest BCUT2D eigenvalue weighted by Crippen LogP contribution is -1.94. The van der Waals surface area contributed by atoms with Crippen molar-refractivity contribution in [3.63, 3.8) is 0 Å². The molecule has 0 N–H and O–H groups in total. The standard InChI is InChI=1S/C18H34/c1-5-7-9-10-14-18(4)16-12-11-15-17(3)13-8-6-2/h12,16-18H,1-2,5-11,13-15H2,3-4H3/b16-12+. The third-order valence-electron chi connectivity index (χ3n) is 3.65. The molecule has 0 aromatic heterocycles. The average molecular weight is 250 g/mol. The molecule has 0 heteroatoms. The summed E-state index contributed by atoms with van der Waals surface area (Å²) in [5.74, 6) is 1.62. The molecule has 0 spiro atoms. The molecule has 0 bridgehead atoms. The zero-order valence-electron chi connectivity index (χ0n) is 12.8. The summed E-state index contributed by atoms with van der Waals surface area (Å²) in [4.78, 5) is 0. The molecule has 0 aromatic rings. The third-order valence-corrected chi connectivity index (χ3v) is 3.65. The van der Waals surface area contributed by atoms with E-state index < -0.39 is 0 Å². The molecule has 2 radical (unpaired) electrons. The third kappa shape index (κ3) is 12.2. The molecule has 2 atom stereocenters. The van der Waals surface area contributed by atoms with Crippen LogP contribution in [0.1, 0.15) is 78.1 Å². The Morgan fingerprint density at radius 1 is 0.833 bits per heavy atom. The van der Waals surface area contributed by atoms with Crippen molar-refractivity contribution in [2.45, 2.75) is 78.1 Å². The number of hydrogen-bond donors (Lipinski definition) is 0. The molecular weight excluding hydrogens is 216 g/mol. The van der Waals surface area contributed by atoms with E-state index in [-0.39, 0.29) is 0 Å². The molecule has 0 aliphatic heterocycles. The van der Waals surface area contributed by atoms with E-state index in [2.05, 4.69) is 39.8 Å². The Balaban J connectivity index is 3.44. The summed E-state index contributed by atoms with van der Waals surface area (Å²) in [6.45, 7) is 12.5. The van der Waals surface area contributed by atoms with Crippen LogP contribution in [0.25, 0.3) is 0 Å².